The first kappa shape index (κ1) is 21.1. The van der Waals surface area contributed by atoms with Crippen molar-refractivity contribution in [1.82, 2.24) is 4.90 Å². The largest absolute Gasteiger partial charge is 0.379 e. The van der Waals surface area contributed by atoms with Crippen LogP contribution >= 0.6 is 11.8 Å². The van der Waals surface area contributed by atoms with Crippen molar-refractivity contribution < 1.29 is 9.72 Å². The zero-order valence-corrected chi connectivity index (χ0v) is 17.3. The van der Waals surface area contributed by atoms with E-state index in [1.807, 2.05) is 24.8 Å². The summed E-state index contributed by atoms with van der Waals surface area (Å²) in [4.78, 5) is 25.3. The summed E-state index contributed by atoms with van der Waals surface area (Å²) in [7, 11) is 0. The molecule has 0 bridgehead atoms. The molecule has 0 saturated carbocycles. The summed E-state index contributed by atoms with van der Waals surface area (Å²) in [6.07, 6.45) is 0.221. The van der Waals surface area contributed by atoms with Crippen molar-refractivity contribution in [2.45, 2.75) is 19.9 Å². The molecular weight excluding hydrogens is 388 g/mol. The minimum atomic E-state index is -0.434. The molecule has 0 aliphatic carbocycles. The van der Waals surface area contributed by atoms with Gasteiger partial charge in [0.05, 0.1) is 4.92 Å². The van der Waals surface area contributed by atoms with Crippen LogP contribution in [0.15, 0.2) is 42.5 Å². The lowest BCUT2D eigenvalue weighted by Crippen LogP contribution is -2.31. The number of rotatable bonds is 8. The monoisotopic (exact) mass is 414 g/mol. The van der Waals surface area contributed by atoms with Crippen molar-refractivity contribution in [3.8, 4) is 0 Å². The number of anilines is 2. The molecule has 1 aliphatic rings. The van der Waals surface area contributed by atoms with Crippen molar-refractivity contribution in [2.75, 3.05) is 41.8 Å². The van der Waals surface area contributed by atoms with E-state index in [-0.39, 0.29) is 18.0 Å². The molecule has 0 atom stereocenters. The van der Waals surface area contributed by atoms with Gasteiger partial charge in [-0.3, -0.25) is 19.8 Å². The van der Waals surface area contributed by atoms with Gasteiger partial charge >= 0.3 is 0 Å². The van der Waals surface area contributed by atoms with Gasteiger partial charge in [-0.2, -0.15) is 11.8 Å². The molecule has 7 nitrogen and oxygen atoms in total. The van der Waals surface area contributed by atoms with Crippen LogP contribution in [0.4, 0.5) is 17.1 Å². The summed E-state index contributed by atoms with van der Waals surface area (Å²) in [6.45, 7) is 5.50. The molecule has 2 aromatic carbocycles. The molecule has 0 spiro atoms. The maximum atomic E-state index is 12.3. The third-order valence-electron chi connectivity index (χ3n) is 4.84. The number of nitro benzene ring substituents is 1. The van der Waals surface area contributed by atoms with Gasteiger partial charge in [0, 0.05) is 55.9 Å². The summed E-state index contributed by atoms with van der Waals surface area (Å²) in [5, 5.41) is 16.9. The molecule has 2 aromatic rings. The molecule has 0 unspecified atom stereocenters. The number of carbonyl (C=O) groups is 1. The SMILES string of the molecule is Cc1cc(CN2CCSCC2)ccc1NC(=O)CCNc1ccccc1[N+](=O)[O-]. The predicted octanol–water partition coefficient (Wildman–Crippen LogP) is 3.89. The summed E-state index contributed by atoms with van der Waals surface area (Å²) in [6, 6.07) is 12.6. The normalized spacial score (nSPS) is 14.4. The summed E-state index contributed by atoms with van der Waals surface area (Å²) < 4.78 is 0. The molecule has 154 valence electrons. The van der Waals surface area contributed by atoms with Gasteiger partial charge < -0.3 is 10.6 Å². The fraction of sp³-hybridized carbons (Fsp3) is 0.381. The number of amides is 1. The van der Waals surface area contributed by atoms with Crippen LogP contribution in [0.25, 0.3) is 0 Å². The van der Waals surface area contributed by atoms with Crippen molar-refractivity contribution in [2.24, 2.45) is 0 Å². The summed E-state index contributed by atoms with van der Waals surface area (Å²) in [5.74, 6) is 2.25. The fourth-order valence-corrected chi connectivity index (χ4v) is 4.27. The van der Waals surface area contributed by atoms with Crippen LogP contribution < -0.4 is 10.6 Å². The van der Waals surface area contributed by atoms with Crippen molar-refractivity contribution in [3.63, 3.8) is 0 Å². The topological polar surface area (TPSA) is 87.5 Å². The lowest BCUT2D eigenvalue weighted by Gasteiger charge is -2.26. The zero-order chi connectivity index (χ0) is 20.6. The van der Waals surface area contributed by atoms with E-state index in [1.165, 1.54) is 23.1 Å². The number of hydrogen-bond acceptors (Lipinski definition) is 6. The third kappa shape index (κ3) is 6.20. The Kier molecular flexibility index (Phi) is 7.48. The van der Waals surface area contributed by atoms with Crippen molar-refractivity contribution in [1.29, 1.82) is 0 Å². The molecule has 8 heteroatoms. The van der Waals surface area contributed by atoms with Crippen molar-refractivity contribution >= 4 is 34.7 Å². The van der Waals surface area contributed by atoms with Crippen LogP contribution in [0.1, 0.15) is 17.5 Å². The van der Waals surface area contributed by atoms with Gasteiger partial charge in [-0.25, -0.2) is 0 Å². The zero-order valence-electron chi connectivity index (χ0n) is 16.5. The first-order chi connectivity index (χ1) is 14.0. The van der Waals surface area contributed by atoms with Crippen molar-refractivity contribution in [3.05, 3.63) is 63.7 Å². The van der Waals surface area contributed by atoms with E-state index in [0.717, 1.165) is 30.9 Å². The maximum Gasteiger partial charge on any atom is 0.292 e. The van der Waals surface area contributed by atoms with Crippen LogP contribution in [0.5, 0.6) is 0 Å². The molecule has 1 fully saturated rings. The molecule has 1 saturated heterocycles. The molecule has 2 N–H and O–H groups in total. The van der Waals surface area contributed by atoms with Crippen LogP contribution in [0.2, 0.25) is 0 Å². The van der Waals surface area contributed by atoms with Gasteiger partial charge in [0.25, 0.3) is 5.69 Å². The number of para-hydroxylation sites is 2. The second-order valence-corrected chi connectivity index (χ2v) is 8.26. The van der Waals surface area contributed by atoms with Gasteiger partial charge in [0.15, 0.2) is 0 Å². The fourth-order valence-electron chi connectivity index (χ4n) is 3.29. The average molecular weight is 415 g/mol. The molecule has 29 heavy (non-hydrogen) atoms. The van der Waals surface area contributed by atoms with Crippen LogP contribution in [-0.2, 0) is 11.3 Å². The highest BCUT2D eigenvalue weighted by Gasteiger charge is 2.13. The molecule has 1 heterocycles. The van der Waals surface area contributed by atoms with Gasteiger partial charge in [-0.1, -0.05) is 24.3 Å². The van der Waals surface area contributed by atoms with E-state index < -0.39 is 4.92 Å². The first-order valence-electron chi connectivity index (χ1n) is 9.69. The molecule has 0 radical (unpaired) electrons. The van der Waals surface area contributed by atoms with E-state index in [1.54, 1.807) is 18.2 Å². The molecule has 1 aliphatic heterocycles. The number of thioether (sulfide) groups is 1. The Bertz CT molecular complexity index is 869. The second-order valence-electron chi connectivity index (χ2n) is 7.04. The Morgan fingerprint density at radius 2 is 1.93 bits per heavy atom. The van der Waals surface area contributed by atoms with E-state index in [0.29, 0.717) is 12.2 Å². The highest BCUT2D eigenvalue weighted by atomic mass is 32.2. The number of nitrogens with zero attached hydrogens (tertiary/aromatic N) is 2. The minimum Gasteiger partial charge on any atom is -0.379 e. The quantitative estimate of drug-likeness (QED) is 0.503. The maximum absolute atomic E-state index is 12.3. The van der Waals surface area contributed by atoms with Gasteiger partial charge in [-0.05, 0) is 30.2 Å². The Morgan fingerprint density at radius 1 is 1.17 bits per heavy atom. The van der Waals surface area contributed by atoms with Crippen LogP contribution in [-0.4, -0.2) is 46.9 Å². The molecule has 3 rings (SSSR count). The Balaban J connectivity index is 1.49. The van der Waals surface area contributed by atoms with Gasteiger partial charge in [-0.15, -0.1) is 0 Å². The van der Waals surface area contributed by atoms with Crippen LogP contribution in [0.3, 0.4) is 0 Å². The lowest BCUT2D eigenvalue weighted by molar-refractivity contribution is -0.384. The van der Waals surface area contributed by atoms with E-state index in [4.69, 9.17) is 0 Å². The number of hydrogen-bond donors (Lipinski definition) is 2. The number of benzene rings is 2. The number of aryl methyl sites for hydroxylation is 1. The second kappa shape index (κ2) is 10.3. The number of carbonyl (C=O) groups excluding carboxylic acids is 1. The average Bonchev–Trinajstić information content (AvgIpc) is 2.71. The van der Waals surface area contributed by atoms with E-state index in [9.17, 15) is 14.9 Å². The highest BCUT2D eigenvalue weighted by Crippen LogP contribution is 2.23. The predicted molar refractivity (Wildman–Crippen MR) is 119 cm³/mol. The van der Waals surface area contributed by atoms with Crippen LogP contribution in [0, 0.1) is 17.0 Å². The first-order valence-corrected chi connectivity index (χ1v) is 10.8. The number of nitrogens with one attached hydrogen (secondary N) is 2. The van der Waals surface area contributed by atoms with E-state index >= 15 is 0 Å². The Labute approximate surface area is 175 Å². The number of nitro groups is 1. The minimum absolute atomic E-state index is 0.00615. The Morgan fingerprint density at radius 3 is 2.66 bits per heavy atom. The third-order valence-corrected chi connectivity index (χ3v) is 5.79. The highest BCUT2D eigenvalue weighted by molar-refractivity contribution is 7.99. The standard InChI is InChI=1S/C21H26N4O3S/c1-16-14-17(15-24-10-12-29-13-11-24)6-7-18(16)23-21(26)8-9-22-19-4-2-3-5-20(19)25(27)28/h2-7,14,22H,8-13,15H2,1H3,(H,23,26). The smallest absolute Gasteiger partial charge is 0.292 e. The van der Waals surface area contributed by atoms with Gasteiger partial charge in [0.1, 0.15) is 5.69 Å². The lowest BCUT2D eigenvalue weighted by atomic mass is 10.1. The Hall–Kier alpha value is -2.58. The van der Waals surface area contributed by atoms with E-state index in [2.05, 4.69) is 27.7 Å². The summed E-state index contributed by atoms with van der Waals surface area (Å²) >= 11 is 2.00. The molecule has 0 aromatic heterocycles. The molecular formula is C21H26N4O3S. The summed E-state index contributed by atoms with van der Waals surface area (Å²) in [5.41, 5.74) is 3.52. The van der Waals surface area contributed by atoms with Gasteiger partial charge in [0.2, 0.25) is 5.91 Å². The molecule has 1 amide bonds.